The molecule has 0 spiro atoms. The summed E-state index contributed by atoms with van der Waals surface area (Å²) in [5, 5.41) is 3.11. The molecule has 4 aromatic rings. The first-order chi connectivity index (χ1) is 12.0. The first-order valence-electron chi connectivity index (χ1n) is 7.34. The van der Waals surface area contributed by atoms with Crippen LogP contribution >= 0.6 is 22.9 Å². The van der Waals surface area contributed by atoms with Crippen LogP contribution < -0.4 is 5.56 Å². The van der Waals surface area contributed by atoms with Crippen molar-refractivity contribution < 1.29 is 13.9 Å². The summed E-state index contributed by atoms with van der Waals surface area (Å²) < 4.78 is 12.2. The first kappa shape index (κ1) is 15.9. The maximum Gasteiger partial charge on any atom is 0.374 e. The molecule has 0 saturated carbocycles. The summed E-state index contributed by atoms with van der Waals surface area (Å²) in [5.41, 5.74) is 1.55. The van der Waals surface area contributed by atoms with Crippen LogP contribution in [0.2, 0.25) is 5.02 Å². The smallest absolute Gasteiger partial charge is 0.374 e. The number of rotatable bonds is 3. The van der Waals surface area contributed by atoms with Gasteiger partial charge in [-0.05, 0) is 31.2 Å². The highest BCUT2D eigenvalue weighted by Crippen LogP contribution is 2.23. The topological polar surface area (TPSA) is 73.8 Å². The molecule has 3 heterocycles. The molecule has 0 N–H and O–H groups in total. The lowest BCUT2D eigenvalue weighted by Crippen LogP contribution is -2.16. The lowest BCUT2D eigenvalue weighted by Gasteiger charge is -2.03. The highest BCUT2D eigenvalue weighted by molar-refractivity contribution is 7.15. The molecular formula is C17H11ClN2O4S. The van der Waals surface area contributed by atoms with Crippen molar-refractivity contribution in [3.8, 4) is 0 Å². The van der Waals surface area contributed by atoms with Gasteiger partial charge in [0.15, 0.2) is 4.96 Å². The number of hydrogen-bond acceptors (Lipinski definition) is 6. The molecule has 25 heavy (non-hydrogen) atoms. The molecule has 0 aliphatic heterocycles. The number of aromatic nitrogens is 2. The van der Waals surface area contributed by atoms with Crippen LogP contribution in [0.25, 0.3) is 15.9 Å². The van der Waals surface area contributed by atoms with Crippen molar-refractivity contribution in [3.05, 3.63) is 68.2 Å². The van der Waals surface area contributed by atoms with E-state index in [0.29, 0.717) is 26.6 Å². The van der Waals surface area contributed by atoms with Crippen molar-refractivity contribution in [1.82, 2.24) is 9.38 Å². The van der Waals surface area contributed by atoms with Gasteiger partial charge in [0.25, 0.3) is 5.56 Å². The minimum absolute atomic E-state index is 0.0713. The van der Waals surface area contributed by atoms with Crippen LogP contribution in [-0.4, -0.2) is 15.4 Å². The van der Waals surface area contributed by atoms with Crippen LogP contribution in [0.5, 0.6) is 0 Å². The van der Waals surface area contributed by atoms with Crippen molar-refractivity contribution in [3.63, 3.8) is 0 Å². The number of ether oxygens (including phenoxy) is 1. The average Bonchev–Trinajstić information content (AvgIpc) is 3.16. The molecule has 3 aromatic heterocycles. The lowest BCUT2D eigenvalue weighted by molar-refractivity contribution is 0.0434. The minimum atomic E-state index is -0.628. The van der Waals surface area contributed by atoms with Gasteiger partial charge in [0.05, 0.1) is 5.69 Å². The number of furan rings is 1. The van der Waals surface area contributed by atoms with E-state index in [-0.39, 0.29) is 17.9 Å². The molecule has 0 saturated heterocycles. The second-order valence-corrected chi connectivity index (χ2v) is 6.72. The summed E-state index contributed by atoms with van der Waals surface area (Å²) in [6.07, 6.45) is 0. The summed E-state index contributed by atoms with van der Waals surface area (Å²) >= 11 is 7.27. The van der Waals surface area contributed by atoms with E-state index in [9.17, 15) is 9.59 Å². The molecule has 0 unspecified atom stereocenters. The maximum absolute atomic E-state index is 12.2. The Morgan fingerprint density at radius 3 is 3.04 bits per heavy atom. The molecule has 0 aliphatic carbocycles. The number of fused-ring (bicyclic) bond motifs is 2. The second kappa shape index (κ2) is 6.02. The third kappa shape index (κ3) is 2.92. The van der Waals surface area contributed by atoms with Gasteiger partial charge in [-0.25, -0.2) is 9.78 Å². The van der Waals surface area contributed by atoms with Gasteiger partial charge in [-0.2, -0.15) is 0 Å². The largest absolute Gasteiger partial charge is 0.453 e. The minimum Gasteiger partial charge on any atom is -0.453 e. The lowest BCUT2D eigenvalue weighted by atomic mass is 10.2. The van der Waals surface area contributed by atoms with E-state index in [4.69, 9.17) is 20.8 Å². The van der Waals surface area contributed by atoms with Gasteiger partial charge in [-0.15, -0.1) is 11.3 Å². The normalized spacial score (nSPS) is 11.3. The summed E-state index contributed by atoms with van der Waals surface area (Å²) in [4.78, 5) is 29.2. The fraction of sp³-hybridized carbons (Fsp3) is 0.118. The Hall–Kier alpha value is -2.64. The SMILES string of the molecule is Cc1csc2nc(COC(=O)c3cc4cc(Cl)ccc4o3)cc(=O)n12. The van der Waals surface area contributed by atoms with Gasteiger partial charge >= 0.3 is 5.97 Å². The number of hydrogen-bond donors (Lipinski definition) is 0. The number of halogens is 1. The maximum atomic E-state index is 12.2. The Bertz CT molecular complexity index is 1170. The summed E-state index contributed by atoms with van der Waals surface area (Å²) in [6.45, 7) is 1.72. The molecule has 0 bridgehead atoms. The van der Waals surface area contributed by atoms with Crippen molar-refractivity contribution in [2.24, 2.45) is 0 Å². The predicted octanol–water partition coefficient (Wildman–Crippen LogP) is 3.82. The standard InChI is InChI=1S/C17H11ClN2O4S/c1-9-8-25-17-19-12(6-15(21)20(9)17)7-23-16(22)14-5-10-4-11(18)2-3-13(10)24-14/h2-6,8H,7H2,1H3. The monoisotopic (exact) mass is 374 g/mol. The summed E-state index contributed by atoms with van der Waals surface area (Å²) in [5.74, 6) is -0.557. The highest BCUT2D eigenvalue weighted by atomic mass is 35.5. The van der Waals surface area contributed by atoms with E-state index >= 15 is 0 Å². The molecule has 126 valence electrons. The molecule has 0 amide bonds. The molecular weight excluding hydrogens is 364 g/mol. The number of esters is 1. The zero-order chi connectivity index (χ0) is 17.6. The van der Waals surface area contributed by atoms with Gasteiger partial charge < -0.3 is 9.15 Å². The fourth-order valence-electron chi connectivity index (χ4n) is 2.50. The Kier molecular flexibility index (Phi) is 3.82. The fourth-order valence-corrected chi connectivity index (χ4v) is 3.57. The Labute approximate surface area is 150 Å². The van der Waals surface area contributed by atoms with Gasteiger partial charge in [0, 0.05) is 27.5 Å². The van der Waals surface area contributed by atoms with Crippen molar-refractivity contribution >= 4 is 44.8 Å². The molecule has 6 nitrogen and oxygen atoms in total. The van der Waals surface area contributed by atoms with Crippen LogP contribution in [0.4, 0.5) is 0 Å². The van der Waals surface area contributed by atoms with Crippen molar-refractivity contribution in [1.29, 1.82) is 0 Å². The molecule has 0 radical (unpaired) electrons. The number of thiazole rings is 1. The van der Waals surface area contributed by atoms with E-state index < -0.39 is 5.97 Å². The van der Waals surface area contributed by atoms with Crippen LogP contribution in [-0.2, 0) is 11.3 Å². The highest BCUT2D eigenvalue weighted by Gasteiger charge is 2.15. The molecule has 0 aliphatic rings. The van der Waals surface area contributed by atoms with E-state index in [0.717, 1.165) is 5.69 Å². The van der Waals surface area contributed by atoms with Gasteiger partial charge in [-0.1, -0.05) is 11.6 Å². The average molecular weight is 375 g/mol. The number of carbonyl (C=O) groups excluding carboxylic acids is 1. The quantitative estimate of drug-likeness (QED) is 0.509. The van der Waals surface area contributed by atoms with Gasteiger partial charge in [0.1, 0.15) is 12.2 Å². The number of carbonyl (C=O) groups is 1. The van der Waals surface area contributed by atoms with Gasteiger partial charge in [-0.3, -0.25) is 9.20 Å². The van der Waals surface area contributed by atoms with Crippen LogP contribution in [0, 0.1) is 6.92 Å². The van der Waals surface area contributed by atoms with Crippen molar-refractivity contribution in [2.45, 2.75) is 13.5 Å². The van der Waals surface area contributed by atoms with E-state index in [1.807, 2.05) is 12.3 Å². The number of benzene rings is 1. The van der Waals surface area contributed by atoms with Gasteiger partial charge in [0.2, 0.25) is 5.76 Å². The van der Waals surface area contributed by atoms with Crippen molar-refractivity contribution in [2.75, 3.05) is 0 Å². The third-order valence-corrected chi connectivity index (χ3v) is 4.84. The van der Waals surface area contributed by atoms with E-state index in [1.54, 1.807) is 24.3 Å². The predicted molar refractivity (Wildman–Crippen MR) is 94.4 cm³/mol. The Morgan fingerprint density at radius 2 is 2.20 bits per heavy atom. The van der Waals surface area contributed by atoms with Crippen LogP contribution in [0.3, 0.4) is 0 Å². The zero-order valence-corrected chi connectivity index (χ0v) is 14.6. The summed E-state index contributed by atoms with van der Waals surface area (Å²) in [7, 11) is 0. The number of aryl methyl sites for hydroxylation is 1. The van der Waals surface area contributed by atoms with E-state index in [2.05, 4.69) is 4.98 Å². The van der Waals surface area contributed by atoms with Crippen LogP contribution in [0.1, 0.15) is 21.9 Å². The van der Waals surface area contributed by atoms with Crippen LogP contribution in [0.15, 0.2) is 44.9 Å². The van der Waals surface area contributed by atoms with E-state index in [1.165, 1.54) is 21.8 Å². The number of nitrogens with zero attached hydrogens (tertiary/aromatic N) is 2. The first-order valence-corrected chi connectivity index (χ1v) is 8.60. The Balaban J connectivity index is 1.55. The molecule has 1 aromatic carbocycles. The molecule has 0 fully saturated rings. The molecule has 0 atom stereocenters. The molecule has 4 rings (SSSR count). The Morgan fingerprint density at radius 1 is 1.36 bits per heavy atom. The third-order valence-electron chi connectivity index (χ3n) is 3.66. The second-order valence-electron chi connectivity index (χ2n) is 5.45. The zero-order valence-electron chi connectivity index (χ0n) is 13.0. The molecule has 8 heteroatoms. The summed E-state index contributed by atoms with van der Waals surface area (Å²) in [6, 6.07) is 7.99.